The van der Waals surface area contributed by atoms with Gasteiger partial charge in [0.1, 0.15) is 5.75 Å². The highest BCUT2D eigenvalue weighted by atomic mass is 16.5. The molecule has 1 aromatic rings. The molecule has 0 saturated carbocycles. The highest BCUT2D eigenvalue weighted by molar-refractivity contribution is 5.39. The second-order valence-electron chi connectivity index (χ2n) is 6.05. The van der Waals surface area contributed by atoms with E-state index < -0.39 is 0 Å². The van der Waals surface area contributed by atoms with Gasteiger partial charge in [0.15, 0.2) is 0 Å². The van der Waals surface area contributed by atoms with Crippen LogP contribution in [0.25, 0.3) is 0 Å². The van der Waals surface area contributed by atoms with E-state index in [2.05, 4.69) is 44.3 Å². The molecular weight excluding hydrogens is 234 g/mol. The van der Waals surface area contributed by atoms with Crippen LogP contribution < -0.4 is 10.1 Å². The molecule has 0 unspecified atom stereocenters. The second kappa shape index (κ2) is 6.95. The van der Waals surface area contributed by atoms with Gasteiger partial charge in [-0.05, 0) is 68.3 Å². The van der Waals surface area contributed by atoms with Gasteiger partial charge in [0.05, 0.1) is 6.61 Å². The largest absolute Gasteiger partial charge is 0.493 e. The Hall–Kier alpha value is -1.02. The van der Waals surface area contributed by atoms with E-state index in [1.807, 2.05) is 0 Å². The van der Waals surface area contributed by atoms with Gasteiger partial charge in [-0.2, -0.15) is 0 Å². The molecule has 1 aliphatic rings. The van der Waals surface area contributed by atoms with Crippen LogP contribution in [-0.2, 0) is 0 Å². The summed E-state index contributed by atoms with van der Waals surface area (Å²) < 4.78 is 6.05. The van der Waals surface area contributed by atoms with Gasteiger partial charge in [0, 0.05) is 0 Å². The number of ether oxygens (including phenoxy) is 1. The number of benzene rings is 1. The molecule has 0 aliphatic carbocycles. The topological polar surface area (TPSA) is 21.3 Å². The van der Waals surface area contributed by atoms with Crippen molar-refractivity contribution in [2.75, 3.05) is 19.7 Å². The van der Waals surface area contributed by atoms with Gasteiger partial charge in [-0.25, -0.2) is 0 Å². The zero-order valence-electron chi connectivity index (χ0n) is 12.5. The number of aryl methyl sites for hydroxylation is 1. The zero-order valence-corrected chi connectivity index (χ0v) is 12.5. The van der Waals surface area contributed by atoms with Gasteiger partial charge in [-0.1, -0.05) is 26.0 Å². The molecule has 1 saturated heterocycles. The SMILES string of the molecule is Cc1ccc(C(C)C)c(OCC[C@@H]2CCCNC2)c1. The first-order valence-electron chi connectivity index (χ1n) is 7.61. The van der Waals surface area contributed by atoms with Gasteiger partial charge in [-0.3, -0.25) is 0 Å². The Morgan fingerprint density at radius 1 is 1.37 bits per heavy atom. The molecule has 2 heteroatoms. The number of rotatable bonds is 5. The van der Waals surface area contributed by atoms with Crippen LogP contribution in [0.3, 0.4) is 0 Å². The molecule has 1 atom stereocenters. The molecule has 1 heterocycles. The minimum absolute atomic E-state index is 0.520. The standard InChI is InChI=1S/C17H27NO/c1-13(2)16-7-6-14(3)11-17(16)19-10-8-15-5-4-9-18-12-15/h6-7,11,13,15,18H,4-5,8-10,12H2,1-3H3/t15-/m0/s1. The number of hydrogen-bond acceptors (Lipinski definition) is 2. The smallest absolute Gasteiger partial charge is 0.122 e. The Bertz CT molecular complexity index is 394. The van der Waals surface area contributed by atoms with Crippen molar-refractivity contribution in [2.45, 2.75) is 46.0 Å². The summed E-state index contributed by atoms with van der Waals surface area (Å²) in [7, 11) is 0. The van der Waals surface area contributed by atoms with Gasteiger partial charge in [0.25, 0.3) is 0 Å². The third kappa shape index (κ3) is 4.24. The molecule has 0 bridgehead atoms. The average molecular weight is 261 g/mol. The number of nitrogens with one attached hydrogen (secondary N) is 1. The fraction of sp³-hybridized carbons (Fsp3) is 0.647. The van der Waals surface area contributed by atoms with E-state index >= 15 is 0 Å². The van der Waals surface area contributed by atoms with E-state index in [-0.39, 0.29) is 0 Å². The summed E-state index contributed by atoms with van der Waals surface area (Å²) in [5.74, 6) is 2.40. The van der Waals surface area contributed by atoms with E-state index in [0.717, 1.165) is 24.8 Å². The number of piperidine rings is 1. The van der Waals surface area contributed by atoms with Crippen LogP contribution in [0.15, 0.2) is 18.2 Å². The molecule has 1 aromatic carbocycles. The zero-order chi connectivity index (χ0) is 13.7. The van der Waals surface area contributed by atoms with Crippen molar-refractivity contribution >= 4 is 0 Å². The lowest BCUT2D eigenvalue weighted by atomic mass is 9.96. The van der Waals surface area contributed by atoms with E-state index in [1.165, 1.54) is 36.9 Å². The van der Waals surface area contributed by atoms with Crippen LogP contribution in [0.5, 0.6) is 5.75 Å². The van der Waals surface area contributed by atoms with Crippen molar-refractivity contribution in [1.29, 1.82) is 0 Å². The van der Waals surface area contributed by atoms with E-state index in [1.54, 1.807) is 0 Å². The van der Waals surface area contributed by atoms with Crippen molar-refractivity contribution in [3.8, 4) is 5.75 Å². The van der Waals surface area contributed by atoms with Gasteiger partial charge >= 0.3 is 0 Å². The van der Waals surface area contributed by atoms with Gasteiger partial charge in [-0.15, -0.1) is 0 Å². The van der Waals surface area contributed by atoms with E-state index in [4.69, 9.17) is 4.74 Å². The molecule has 0 amide bonds. The molecule has 106 valence electrons. The molecule has 0 radical (unpaired) electrons. The molecule has 2 rings (SSSR count). The predicted molar refractivity (Wildman–Crippen MR) is 81.0 cm³/mol. The lowest BCUT2D eigenvalue weighted by Gasteiger charge is -2.23. The summed E-state index contributed by atoms with van der Waals surface area (Å²) in [4.78, 5) is 0. The normalized spacial score (nSPS) is 19.7. The molecule has 19 heavy (non-hydrogen) atoms. The maximum Gasteiger partial charge on any atom is 0.122 e. The summed E-state index contributed by atoms with van der Waals surface area (Å²) >= 11 is 0. The lowest BCUT2D eigenvalue weighted by Crippen LogP contribution is -2.30. The Morgan fingerprint density at radius 3 is 2.89 bits per heavy atom. The fourth-order valence-corrected chi connectivity index (χ4v) is 2.75. The quantitative estimate of drug-likeness (QED) is 0.868. The first-order chi connectivity index (χ1) is 9.16. The van der Waals surface area contributed by atoms with E-state index in [0.29, 0.717) is 5.92 Å². The summed E-state index contributed by atoms with van der Waals surface area (Å²) in [6, 6.07) is 6.55. The monoisotopic (exact) mass is 261 g/mol. The van der Waals surface area contributed by atoms with Crippen LogP contribution in [0.1, 0.15) is 50.2 Å². The van der Waals surface area contributed by atoms with Crippen LogP contribution >= 0.6 is 0 Å². The maximum atomic E-state index is 6.05. The molecule has 2 nitrogen and oxygen atoms in total. The van der Waals surface area contributed by atoms with Crippen LogP contribution in [-0.4, -0.2) is 19.7 Å². The van der Waals surface area contributed by atoms with Gasteiger partial charge in [0.2, 0.25) is 0 Å². The Balaban J connectivity index is 1.89. The van der Waals surface area contributed by atoms with Crippen LogP contribution in [0, 0.1) is 12.8 Å². The third-order valence-electron chi connectivity index (χ3n) is 3.97. The highest BCUT2D eigenvalue weighted by Crippen LogP contribution is 2.28. The Kier molecular flexibility index (Phi) is 5.26. The van der Waals surface area contributed by atoms with Crippen molar-refractivity contribution in [1.82, 2.24) is 5.32 Å². The highest BCUT2D eigenvalue weighted by Gasteiger charge is 2.13. The fourth-order valence-electron chi connectivity index (χ4n) is 2.75. The number of hydrogen-bond donors (Lipinski definition) is 1. The maximum absolute atomic E-state index is 6.05. The van der Waals surface area contributed by atoms with Crippen LogP contribution in [0.4, 0.5) is 0 Å². The van der Waals surface area contributed by atoms with Crippen molar-refractivity contribution in [2.24, 2.45) is 5.92 Å². The van der Waals surface area contributed by atoms with Crippen molar-refractivity contribution < 1.29 is 4.74 Å². The van der Waals surface area contributed by atoms with Crippen molar-refractivity contribution in [3.05, 3.63) is 29.3 Å². The Labute approximate surface area is 117 Å². The first kappa shape index (κ1) is 14.4. The van der Waals surface area contributed by atoms with Gasteiger partial charge < -0.3 is 10.1 Å². The second-order valence-corrected chi connectivity index (χ2v) is 6.05. The molecule has 0 aromatic heterocycles. The minimum Gasteiger partial charge on any atom is -0.493 e. The average Bonchev–Trinajstić information content (AvgIpc) is 2.39. The first-order valence-corrected chi connectivity index (χ1v) is 7.61. The molecule has 1 fully saturated rings. The third-order valence-corrected chi connectivity index (χ3v) is 3.97. The van der Waals surface area contributed by atoms with E-state index in [9.17, 15) is 0 Å². The lowest BCUT2D eigenvalue weighted by molar-refractivity contribution is 0.252. The Morgan fingerprint density at radius 2 is 2.21 bits per heavy atom. The summed E-state index contributed by atoms with van der Waals surface area (Å²) in [6.07, 6.45) is 3.83. The molecular formula is C17H27NO. The van der Waals surface area contributed by atoms with Crippen molar-refractivity contribution in [3.63, 3.8) is 0 Å². The summed E-state index contributed by atoms with van der Waals surface area (Å²) in [5, 5.41) is 3.47. The summed E-state index contributed by atoms with van der Waals surface area (Å²) in [5.41, 5.74) is 2.60. The summed E-state index contributed by atoms with van der Waals surface area (Å²) in [6.45, 7) is 9.77. The molecule has 0 spiro atoms. The molecule has 1 aliphatic heterocycles. The van der Waals surface area contributed by atoms with Crippen LogP contribution in [0.2, 0.25) is 0 Å². The minimum atomic E-state index is 0.520. The molecule has 1 N–H and O–H groups in total. The predicted octanol–water partition coefficient (Wildman–Crippen LogP) is 3.89.